The van der Waals surface area contributed by atoms with E-state index < -0.39 is 0 Å². The second-order valence-corrected chi connectivity index (χ2v) is 5.74. The van der Waals surface area contributed by atoms with Gasteiger partial charge in [0.25, 0.3) is 0 Å². The van der Waals surface area contributed by atoms with E-state index in [1.165, 1.54) is 21.6 Å². The number of hydrogen-bond acceptors (Lipinski definition) is 2. The number of thiophene rings is 1. The lowest BCUT2D eigenvalue weighted by molar-refractivity contribution is 0.653. The van der Waals surface area contributed by atoms with Crippen molar-refractivity contribution >= 4 is 11.3 Å². The number of hydrogen-bond donors (Lipinski definition) is 1. The number of benzene rings is 1. The zero-order valence-electron chi connectivity index (χ0n) is 10.4. The SMILES string of the molecule is Cc1ccc(CCC(N)c2csc(C)c2)cc1. The van der Waals surface area contributed by atoms with Gasteiger partial charge in [0, 0.05) is 10.9 Å². The maximum Gasteiger partial charge on any atom is 0.0306 e. The van der Waals surface area contributed by atoms with Crippen LogP contribution in [-0.2, 0) is 6.42 Å². The summed E-state index contributed by atoms with van der Waals surface area (Å²) in [5.74, 6) is 0. The average Bonchev–Trinajstić information content (AvgIpc) is 2.75. The summed E-state index contributed by atoms with van der Waals surface area (Å²) < 4.78 is 0. The van der Waals surface area contributed by atoms with Crippen molar-refractivity contribution in [1.82, 2.24) is 0 Å². The highest BCUT2D eigenvalue weighted by Crippen LogP contribution is 2.22. The number of rotatable bonds is 4. The van der Waals surface area contributed by atoms with Gasteiger partial charge >= 0.3 is 0 Å². The predicted molar refractivity (Wildman–Crippen MR) is 75.5 cm³/mol. The summed E-state index contributed by atoms with van der Waals surface area (Å²) in [6, 6.07) is 11.1. The molecule has 1 heterocycles. The molecule has 1 nitrogen and oxygen atoms in total. The van der Waals surface area contributed by atoms with Gasteiger partial charge in [-0.2, -0.15) is 0 Å². The van der Waals surface area contributed by atoms with Crippen molar-refractivity contribution < 1.29 is 0 Å². The van der Waals surface area contributed by atoms with Gasteiger partial charge < -0.3 is 5.73 Å². The first kappa shape index (κ1) is 12.3. The lowest BCUT2D eigenvalue weighted by Crippen LogP contribution is -2.10. The first-order valence-electron chi connectivity index (χ1n) is 6.01. The minimum absolute atomic E-state index is 0.168. The fraction of sp³-hybridized carbons (Fsp3) is 0.333. The second-order valence-electron chi connectivity index (χ2n) is 4.62. The van der Waals surface area contributed by atoms with Crippen LogP contribution in [0.3, 0.4) is 0 Å². The van der Waals surface area contributed by atoms with E-state index in [-0.39, 0.29) is 6.04 Å². The topological polar surface area (TPSA) is 26.0 Å². The van der Waals surface area contributed by atoms with Crippen molar-refractivity contribution in [3.63, 3.8) is 0 Å². The molecular formula is C15H19NS. The highest BCUT2D eigenvalue weighted by molar-refractivity contribution is 7.10. The Balaban J connectivity index is 1.92. The van der Waals surface area contributed by atoms with Gasteiger partial charge in [-0.05, 0) is 49.3 Å². The Bertz CT molecular complexity index is 470. The van der Waals surface area contributed by atoms with E-state index in [2.05, 4.69) is 49.6 Å². The van der Waals surface area contributed by atoms with E-state index >= 15 is 0 Å². The summed E-state index contributed by atoms with van der Waals surface area (Å²) in [5, 5.41) is 2.18. The van der Waals surface area contributed by atoms with Gasteiger partial charge in [-0.1, -0.05) is 29.8 Å². The van der Waals surface area contributed by atoms with E-state index in [9.17, 15) is 0 Å². The molecule has 0 spiro atoms. The van der Waals surface area contributed by atoms with Crippen molar-refractivity contribution in [1.29, 1.82) is 0 Å². The molecule has 0 aliphatic rings. The third-order valence-corrected chi connectivity index (χ3v) is 3.92. The van der Waals surface area contributed by atoms with Gasteiger partial charge in [0.15, 0.2) is 0 Å². The molecule has 2 heteroatoms. The standard InChI is InChI=1S/C15H19NS/c1-11-3-5-13(6-4-11)7-8-15(16)14-9-12(2)17-10-14/h3-6,9-10,15H,7-8,16H2,1-2H3. The predicted octanol–water partition coefficient (Wildman–Crippen LogP) is 4.00. The summed E-state index contributed by atoms with van der Waals surface area (Å²) in [4.78, 5) is 1.34. The molecule has 0 amide bonds. The summed E-state index contributed by atoms with van der Waals surface area (Å²) in [6.45, 7) is 4.24. The molecule has 0 bridgehead atoms. The van der Waals surface area contributed by atoms with Crippen LogP contribution in [0.5, 0.6) is 0 Å². The zero-order chi connectivity index (χ0) is 12.3. The third-order valence-electron chi connectivity index (χ3n) is 3.04. The quantitative estimate of drug-likeness (QED) is 0.865. The van der Waals surface area contributed by atoms with Crippen LogP contribution in [0, 0.1) is 13.8 Å². The Labute approximate surface area is 107 Å². The Kier molecular flexibility index (Phi) is 3.97. The molecule has 0 aliphatic carbocycles. The average molecular weight is 245 g/mol. The molecule has 1 aromatic carbocycles. The molecule has 1 unspecified atom stereocenters. The van der Waals surface area contributed by atoms with Crippen molar-refractivity contribution in [2.75, 3.05) is 0 Å². The van der Waals surface area contributed by atoms with Crippen LogP contribution < -0.4 is 5.73 Å². The van der Waals surface area contributed by atoms with Crippen molar-refractivity contribution in [2.24, 2.45) is 5.73 Å². The molecule has 0 radical (unpaired) electrons. The molecule has 1 aromatic heterocycles. The Morgan fingerprint density at radius 1 is 1.18 bits per heavy atom. The van der Waals surface area contributed by atoms with Crippen molar-refractivity contribution in [3.05, 3.63) is 57.3 Å². The van der Waals surface area contributed by atoms with Crippen molar-refractivity contribution in [2.45, 2.75) is 32.7 Å². The minimum atomic E-state index is 0.168. The molecule has 1 atom stereocenters. The van der Waals surface area contributed by atoms with E-state index in [1.54, 1.807) is 11.3 Å². The smallest absolute Gasteiger partial charge is 0.0306 e. The van der Waals surface area contributed by atoms with Crippen LogP contribution >= 0.6 is 11.3 Å². The fourth-order valence-electron chi connectivity index (χ4n) is 1.90. The Morgan fingerprint density at radius 3 is 2.47 bits per heavy atom. The van der Waals surface area contributed by atoms with E-state index in [1.807, 2.05) is 0 Å². The zero-order valence-corrected chi connectivity index (χ0v) is 11.3. The molecule has 2 aromatic rings. The third kappa shape index (κ3) is 3.42. The maximum atomic E-state index is 6.19. The van der Waals surface area contributed by atoms with Gasteiger partial charge in [0.1, 0.15) is 0 Å². The second kappa shape index (κ2) is 5.48. The molecule has 17 heavy (non-hydrogen) atoms. The fourth-order valence-corrected chi connectivity index (χ4v) is 2.67. The van der Waals surface area contributed by atoms with E-state index in [0.717, 1.165) is 12.8 Å². The normalized spacial score (nSPS) is 12.6. The minimum Gasteiger partial charge on any atom is -0.324 e. The lowest BCUT2D eigenvalue weighted by Gasteiger charge is -2.09. The van der Waals surface area contributed by atoms with Crippen LogP contribution in [0.4, 0.5) is 0 Å². The molecule has 90 valence electrons. The van der Waals surface area contributed by atoms with Gasteiger partial charge in [0.05, 0.1) is 0 Å². The highest BCUT2D eigenvalue weighted by Gasteiger charge is 2.07. The monoisotopic (exact) mass is 245 g/mol. The summed E-state index contributed by atoms with van der Waals surface area (Å²) in [5.41, 5.74) is 10.2. The molecule has 0 aliphatic heterocycles. The largest absolute Gasteiger partial charge is 0.324 e. The van der Waals surface area contributed by atoms with E-state index in [4.69, 9.17) is 5.73 Å². The van der Waals surface area contributed by atoms with Crippen LogP contribution in [0.1, 0.15) is 34.0 Å². The van der Waals surface area contributed by atoms with Gasteiger partial charge in [-0.25, -0.2) is 0 Å². The molecule has 0 fully saturated rings. The maximum absolute atomic E-state index is 6.19. The van der Waals surface area contributed by atoms with Crippen molar-refractivity contribution in [3.8, 4) is 0 Å². The highest BCUT2D eigenvalue weighted by atomic mass is 32.1. The summed E-state index contributed by atoms with van der Waals surface area (Å²) in [6.07, 6.45) is 2.07. The number of nitrogens with two attached hydrogens (primary N) is 1. The van der Waals surface area contributed by atoms with Crippen LogP contribution in [-0.4, -0.2) is 0 Å². The lowest BCUT2D eigenvalue weighted by atomic mass is 10.0. The molecule has 0 saturated carbocycles. The van der Waals surface area contributed by atoms with E-state index in [0.29, 0.717) is 0 Å². The van der Waals surface area contributed by atoms with Gasteiger partial charge in [0.2, 0.25) is 0 Å². The Hall–Kier alpha value is -1.12. The molecule has 0 saturated heterocycles. The van der Waals surface area contributed by atoms with Crippen LogP contribution in [0.2, 0.25) is 0 Å². The summed E-state index contributed by atoms with van der Waals surface area (Å²) >= 11 is 1.78. The van der Waals surface area contributed by atoms with Crippen LogP contribution in [0.25, 0.3) is 0 Å². The molecule has 2 N–H and O–H groups in total. The molecular weight excluding hydrogens is 226 g/mol. The van der Waals surface area contributed by atoms with Gasteiger partial charge in [-0.15, -0.1) is 11.3 Å². The number of aryl methyl sites for hydroxylation is 3. The van der Waals surface area contributed by atoms with Gasteiger partial charge in [-0.3, -0.25) is 0 Å². The molecule has 2 rings (SSSR count). The van der Waals surface area contributed by atoms with Crippen LogP contribution in [0.15, 0.2) is 35.7 Å². The Morgan fingerprint density at radius 2 is 1.88 bits per heavy atom. The summed E-state index contributed by atoms with van der Waals surface area (Å²) in [7, 11) is 0. The first-order chi connectivity index (χ1) is 8.15. The first-order valence-corrected chi connectivity index (χ1v) is 6.89.